The van der Waals surface area contributed by atoms with Gasteiger partial charge in [-0.2, -0.15) is 0 Å². The highest BCUT2D eigenvalue weighted by Gasteiger charge is 2.36. The second-order valence-electron chi connectivity index (χ2n) is 13.2. The maximum Gasteiger partial charge on any atom is 0.0540 e. The van der Waals surface area contributed by atoms with Crippen LogP contribution in [-0.4, -0.2) is 0 Å². The van der Waals surface area contributed by atoms with Crippen LogP contribution in [0.1, 0.15) is 30.5 Å². The molecule has 0 N–H and O–H groups in total. The standard InChI is InChI=1S/C49H41N/c1-7-16-35(9-3)44-33-40(38-25-23-37(24-26-38)36-17-11-10-12-18-36)29-32-47(44)50(34(4)8-2)41-30-27-39(28-31-41)42-20-15-22-46-48(42)43-19-13-14-21-45(43)49(46,5)6/h7-33H,1-4H2,5-6H3/b35-16+. The van der Waals surface area contributed by atoms with E-state index in [1.165, 1.54) is 44.5 Å². The van der Waals surface area contributed by atoms with E-state index in [2.05, 4.69) is 179 Å². The number of allylic oxidation sites excluding steroid dienone is 5. The number of hydrogen-bond donors (Lipinski definition) is 0. The average molecular weight is 644 g/mol. The normalized spacial score (nSPS) is 12.8. The van der Waals surface area contributed by atoms with Crippen molar-refractivity contribution in [3.63, 3.8) is 0 Å². The van der Waals surface area contributed by atoms with Crippen molar-refractivity contribution in [1.29, 1.82) is 0 Å². The van der Waals surface area contributed by atoms with E-state index < -0.39 is 0 Å². The Morgan fingerprint density at radius 1 is 0.560 bits per heavy atom. The molecule has 0 aliphatic heterocycles. The van der Waals surface area contributed by atoms with Crippen LogP contribution < -0.4 is 4.90 Å². The van der Waals surface area contributed by atoms with E-state index in [9.17, 15) is 0 Å². The Morgan fingerprint density at radius 2 is 1.14 bits per heavy atom. The molecule has 6 aromatic carbocycles. The first-order valence-corrected chi connectivity index (χ1v) is 17.1. The second-order valence-corrected chi connectivity index (χ2v) is 13.2. The number of anilines is 2. The summed E-state index contributed by atoms with van der Waals surface area (Å²) >= 11 is 0. The van der Waals surface area contributed by atoms with E-state index in [0.717, 1.165) is 39.3 Å². The number of nitrogens with zero attached hydrogens (tertiary/aromatic N) is 1. The van der Waals surface area contributed by atoms with Gasteiger partial charge in [-0.25, -0.2) is 0 Å². The molecule has 0 radical (unpaired) electrons. The predicted octanol–water partition coefficient (Wildman–Crippen LogP) is 13.6. The first kappa shape index (κ1) is 32.4. The molecule has 0 fully saturated rings. The van der Waals surface area contributed by atoms with E-state index in [-0.39, 0.29) is 5.41 Å². The van der Waals surface area contributed by atoms with Gasteiger partial charge in [0.1, 0.15) is 0 Å². The molecule has 50 heavy (non-hydrogen) atoms. The van der Waals surface area contributed by atoms with E-state index in [0.29, 0.717) is 0 Å². The Balaban J connectivity index is 1.30. The molecule has 1 nitrogen and oxygen atoms in total. The van der Waals surface area contributed by atoms with Crippen LogP contribution in [0.3, 0.4) is 0 Å². The summed E-state index contributed by atoms with van der Waals surface area (Å²) in [4.78, 5) is 2.17. The predicted molar refractivity (Wildman–Crippen MR) is 217 cm³/mol. The lowest BCUT2D eigenvalue weighted by molar-refractivity contribution is 0.660. The lowest BCUT2D eigenvalue weighted by Crippen LogP contribution is -2.16. The van der Waals surface area contributed by atoms with Gasteiger partial charge >= 0.3 is 0 Å². The maximum absolute atomic E-state index is 4.43. The molecule has 0 spiro atoms. The van der Waals surface area contributed by atoms with Crippen molar-refractivity contribution in [2.75, 3.05) is 4.90 Å². The van der Waals surface area contributed by atoms with Gasteiger partial charge in [0.05, 0.1) is 5.69 Å². The molecule has 0 saturated heterocycles. The van der Waals surface area contributed by atoms with Gasteiger partial charge in [0.25, 0.3) is 0 Å². The van der Waals surface area contributed by atoms with Crippen LogP contribution in [0.15, 0.2) is 196 Å². The topological polar surface area (TPSA) is 3.24 Å². The highest BCUT2D eigenvalue weighted by Crippen LogP contribution is 2.52. The fourth-order valence-electron chi connectivity index (χ4n) is 7.36. The minimum absolute atomic E-state index is 0.0469. The molecule has 0 amide bonds. The van der Waals surface area contributed by atoms with Gasteiger partial charge in [-0.15, -0.1) is 0 Å². The third-order valence-electron chi connectivity index (χ3n) is 9.96. The minimum atomic E-state index is -0.0469. The molecular weight excluding hydrogens is 603 g/mol. The molecule has 0 atom stereocenters. The van der Waals surface area contributed by atoms with Crippen LogP contribution in [0.25, 0.3) is 50.1 Å². The van der Waals surface area contributed by atoms with Crippen LogP contribution in [0, 0.1) is 0 Å². The molecule has 0 unspecified atom stereocenters. The Labute approximate surface area is 297 Å². The Bertz CT molecular complexity index is 2280. The van der Waals surface area contributed by atoms with Crippen LogP contribution in [0.4, 0.5) is 11.4 Å². The highest BCUT2D eigenvalue weighted by molar-refractivity contribution is 5.94. The zero-order valence-electron chi connectivity index (χ0n) is 28.9. The first-order chi connectivity index (χ1) is 24.3. The van der Waals surface area contributed by atoms with Crippen molar-refractivity contribution in [3.05, 3.63) is 213 Å². The van der Waals surface area contributed by atoms with Crippen LogP contribution in [0.2, 0.25) is 0 Å². The summed E-state index contributed by atoms with van der Waals surface area (Å²) in [7, 11) is 0. The Hall–Kier alpha value is -6.18. The van der Waals surface area contributed by atoms with Crippen molar-refractivity contribution in [2.24, 2.45) is 0 Å². The molecule has 6 aromatic rings. The summed E-state index contributed by atoms with van der Waals surface area (Å²) < 4.78 is 0. The molecule has 0 aromatic heterocycles. The molecule has 1 aliphatic rings. The van der Waals surface area contributed by atoms with Gasteiger partial charge in [-0.3, -0.25) is 0 Å². The number of hydrogen-bond acceptors (Lipinski definition) is 1. The Morgan fingerprint density at radius 3 is 1.82 bits per heavy atom. The van der Waals surface area contributed by atoms with Crippen molar-refractivity contribution in [3.8, 4) is 44.5 Å². The van der Waals surface area contributed by atoms with Crippen molar-refractivity contribution >= 4 is 16.9 Å². The smallest absolute Gasteiger partial charge is 0.0540 e. The summed E-state index contributed by atoms with van der Waals surface area (Å²) in [5, 5.41) is 0. The molecule has 0 bridgehead atoms. The fraction of sp³-hybridized carbons (Fsp3) is 0.0612. The van der Waals surface area contributed by atoms with Gasteiger partial charge in [0.2, 0.25) is 0 Å². The molecule has 1 aliphatic carbocycles. The molecule has 7 rings (SSSR count). The average Bonchev–Trinajstić information content (AvgIpc) is 3.41. The summed E-state index contributed by atoms with van der Waals surface area (Å²) in [5.74, 6) is 0. The first-order valence-electron chi connectivity index (χ1n) is 17.1. The van der Waals surface area contributed by atoms with Crippen molar-refractivity contribution in [1.82, 2.24) is 0 Å². The van der Waals surface area contributed by atoms with Gasteiger partial charge in [0, 0.05) is 22.4 Å². The SMILES string of the molecule is C=C/C=C(\C=C)c1cc(-c2ccc(-c3ccccc3)cc2)ccc1N(C(=C)C=C)c1ccc(-c2cccc3c2-c2ccccc2C3(C)C)cc1. The fourth-order valence-corrected chi connectivity index (χ4v) is 7.36. The lowest BCUT2D eigenvalue weighted by atomic mass is 9.82. The highest BCUT2D eigenvalue weighted by atomic mass is 15.1. The van der Waals surface area contributed by atoms with E-state index in [1.54, 1.807) is 6.08 Å². The maximum atomic E-state index is 4.43. The molecule has 1 heteroatoms. The number of benzene rings is 6. The van der Waals surface area contributed by atoms with Gasteiger partial charge in [-0.1, -0.05) is 174 Å². The van der Waals surface area contributed by atoms with Crippen LogP contribution >= 0.6 is 0 Å². The monoisotopic (exact) mass is 643 g/mol. The van der Waals surface area contributed by atoms with E-state index in [4.69, 9.17) is 0 Å². The third kappa shape index (κ3) is 5.67. The quantitative estimate of drug-likeness (QED) is 0.134. The van der Waals surface area contributed by atoms with Gasteiger partial charge < -0.3 is 4.90 Å². The number of rotatable bonds is 10. The van der Waals surface area contributed by atoms with E-state index in [1.807, 2.05) is 24.3 Å². The summed E-state index contributed by atoms with van der Waals surface area (Å²) in [5.41, 5.74) is 17.1. The summed E-state index contributed by atoms with van der Waals surface area (Å²) in [6.07, 6.45) is 7.50. The van der Waals surface area contributed by atoms with Gasteiger partial charge in [-0.05, 0) is 91.5 Å². The second kappa shape index (κ2) is 13.4. The minimum Gasteiger partial charge on any atom is -0.310 e. The van der Waals surface area contributed by atoms with Crippen molar-refractivity contribution in [2.45, 2.75) is 19.3 Å². The van der Waals surface area contributed by atoms with Crippen LogP contribution in [0.5, 0.6) is 0 Å². The lowest BCUT2D eigenvalue weighted by Gasteiger charge is -2.29. The largest absolute Gasteiger partial charge is 0.310 e. The molecular formula is C49H41N. The number of fused-ring (bicyclic) bond motifs is 3. The summed E-state index contributed by atoms with van der Waals surface area (Å²) in [6.45, 7) is 21.3. The molecule has 0 heterocycles. The van der Waals surface area contributed by atoms with Crippen molar-refractivity contribution < 1.29 is 0 Å². The zero-order chi connectivity index (χ0) is 34.8. The Kier molecular flexibility index (Phi) is 8.66. The molecule has 0 saturated carbocycles. The van der Waals surface area contributed by atoms with Gasteiger partial charge in [0.15, 0.2) is 0 Å². The molecule has 242 valence electrons. The third-order valence-corrected chi connectivity index (χ3v) is 9.96. The van der Waals surface area contributed by atoms with E-state index >= 15 is 0 Å². The zero-order valence-corrected chi connectivity index (χ0v) is 28.9. The van der Waals surface area contributed by atoms with Crippen LogP contribution in [-0.2, 0) is 5.41 Å². The summed E-state index contributed by atoms with van der Waals surface area (Å²) in [6, 6.07) is 50.1.